The number of amides is 3. The SMILES string of the molecule is CNc1ccc(CNC(=O)CCCCCN2C(=O)C=CC2=O)cc1. The number of carbonyl (C=O) groups is 3. The zero-order valence-corrected chi connectivity index (χ0v) is 13.9. The molecule has 2 N–H and O–H groups in total. The molecule has 0 spiro atoms. The van der Waals surface area contributed by atoms with Crippen molar-refractivity contribution in [2.45, 2.75) is 32.2 Å². The van der Waals surface area contributed by atoms with Gasteiger partial charge in [0.15, 0.2) is 0 Å². The topological polar surface area (TPSA) is 78.5 Å². The van der Waals surface area contributed by atoms with Gasteiger partial charge in [-0.1, -0.05) is 18.6 Å². The van der Waals surface area contributed by atoms with Gasteiger partial charge in [-0.3, -0.25) is 19.3 Å². The Kier molecular flexibility index (Phi) is 6.54. The summed E-state index contributed by atoms with van der Waals surface area (Å²) in [5.41, 5.74) is 2.09. The third-order valence-electron chi connectivity index (χ3n) is 3.92. The number of rotatable bonds is 9. The Morgan fingerprint density at radius 3 is 2.29 bits per heavy atom. The fourth-order valence-electron chi connectivity index (χ4n) is 2.46. The molecule has 0 fully saturated rings. The first-order valence-corrected chi connectivity index (χ1v) is 8.17. The second kappa shape index (κ2) is 8.86. The summed E-state index contributed by atoms with van der Waals surface area (Å²) in [7, 11) is 1.86. The second-order valence-corrected chi connectivity index (χ2v) is 5.70. The van der Waals surface area contributed by atoms with Gasteiger partial charge >= 0.3 is 0 Å². The third kappa shape index (κ3) is 5.22. The fourth-order valence-corrected chi connectivity index (χ4v) is 2.46. The molecule has 6 heteroatoms. The highest BCUT2D eigenvalue weighted by atomic mass is 16.2. The highest BCUT2D eigenvalue weighted by Gasteiger charge is 2.22. The van der Waals surface area contributed by atoms with E-state index in [9.17, 15) is 14.4 Å². The molecule has 0 unspecified atom stereocenters. The molecule has 6 nitrogen and oxygen atoms in total. The van der Waals surface area contributed by atoms with Gasteiger partial charge in [0, 0.05) is 44.4 Å². The summed E-state index contributed by atoms with van der Waals surface area (Å²) < 4.78 is 0. The molecule has 0 saturated carbocycles. The summed E-state index contributed by atoms with van der Waals surface area (Å²) in [6.45, 7) is 0.940. The van der Waals surface area contributed by atoms with E-state index >= 15 is 0 Å². The van der Waals surface area contributed by atoms with Gasteiger partial charge in [-0.15, -0.1) is 0 Å². The summed E-state index contributed by atoms with van der Waals surface area (Å²) in [5.74, 6) is -0.480. The average Bonchev–Trinajstić information content (AvgIpc) is 2.92. The zero-order valence-electron chi connectivity index (χ0n) is 13.9. The predicted octanol–water partition coefficient (Wildman–Crippen LogP) is 1.83. The number of nitrogens with one attached hydrogen (secondary N) is 2. The molecule has 0 bridgehead atoms. The molecule has 0 atom stereocenters. The highest BCUT2D eigenvalue weighted by Crippen LogP contribution is 2.09. The van der Waals surface area contributed by atoms with Crippen LogP contribution in [0.5, 0.6) is 0 Å². The molecule has 1 aliphatic heterocycles. The quantitative estimate of drug-likeness (QED) is 0.535. The van der Waals surface area contributed by atoms with Crippen molar-refractivity contribution in [1.29, 1.82) is 0 Å². The lowest BCUT2D eigenvalue weighted by atomic mass is 10.1. The van der Waals surface area contributed by atoms with Gasteiger partial charge in [0.25, 0.3) is 11.8 Å². The van der Waals surface area contributed by atoms with Gasteiger partial charge in [-0.2, -0.15) is 0 Å². The van der Waals surface area contributed by atoms with Gasteiger partial charge in [-0.05, 0) is 30.5 Å². The van der Waals surface area contributed by atoms with Crippen molar-refractivity contribution in [2.24, 2.45) is 0 Å². The molecule has 2 rings (SSSR count). The van der Waals surface area contributed by atoms with Gasteiger partial charge in [0.1, 0.15) is 0 Å². The minimum atomic E-state index is -0.248. The average molecular weight is 329 g/mol. The molecular weight excluding hydrogens is 306 g/mol. The largest absolute Gasteiger partial charge is 0.388 e. The number of unbranched alkanes of at least 4 members (excludes halogenated alkanes) is 2. The summed E-state index contributed by atoms with van der Waals surface area (Å²) in [4.78, 5) is 35.8. The van der Waals surface area contributed by atoms with Crippen LogP contribution in [0.3, 0.4) is 0 Å². The molecule has 0 aliphatic carbocycles. The number of nitrogens with zero attached hydrogens (tertiary/aromatic N) is 1. The van der Waals surface area contributed by atoms with Crippen molar-refractivity contribution in [3.63, 3.8) is 0 Å². The first-order valence-electron chi connectivity index (χ1n) is 8.17. The predicted molar refractivity (Wildman–Crippen MR) is 92.2 cm³/mol. The fraction of sp³-hybridized carbons (Fsp3) is 0.389. The van der Waals surface area contributed by atoms with E-state index in [1.165, 1.54) is 17.1 Å². The molecule has 0 aromatic heterocycles. The smallest absolute Gasteiger partial charge is 0.253 e. The van der Waals surface area contributed by atoms with E-state index in [0.29, 0.717) is 19.5 Å². The van der Waals surface area contributed by atoms with Crippen LogP contribution in [0.15, 0.2) is 36.4 Å². The molecule has 1 aromatic carbocycles. The van der Waals surface area contributed by atoms with Gasteiger partial charge in [0.2, 0.25) is 5.91 Å². The van der Waals surface area contributed by atoms with E-state index in [1.807, 2.05) is 31.3 Å². The van der Waals surface area contributed by atoms with E-state index in [1.54, 1.807) is 0 Å². The highest BCUT2D eigenvalue weighted by molar-refractivity contribution is 6.12. The van der Waals surface area contributed by atoms with Crippen LogP contribution in [-0.4, -0.2) is 36.2 Å². The maximum Gasteiger partial charge on any atom is 0.253 e. The number of hydrogen-bond acceptors (Lipinski definition) is 4. The van der Waals surface area contributed by atoms with Crippen molar-refractivity contribution >= 4 is 23.4 Å². The molecular formula is C18H23N3O3. The molecule has 0 saturated heterocycles. The van der Waals surface area contributed by atoms with Gasteiger partial charge < -0.3 is 10.6 Å². The minimum Gasteiger partial charge on any atom is -0.388 e. The van der Waals surface area contributed by atoms with Crippen LogP contribution in [0, 0.1) is 0 Å². The van der Waals surface area contributed by atoms with E-state index in [2.05, 4.69) is 10.6 Å². The summed E-state index contributed by atoms with van der Waals surface area (Å²) >= 11 is 0. The van der Waals surface area contributed by atoms with Crippen LogP contribution in [0.4, 0.5) is 5.69 Å². The van der Waals surface area contributed by atoms with Crippen molar-refractivity contribution < 1.29 is 14.4 Å². The summed E-state index contributed by atoms with van der Waals surface area (Å²) in [6, 6.07) is 7.89. The first-order chi connectivity index (χ1) is 11.6. The lowest BCUT2D eigenvalue weighted by molar-refractivity contribution is -0.136. The third-order valence-corrected chi connectivity index (χ3v) is 3.92. The van der Waals surface area contributed by atoms with Crippen molar-refractivity contribution in [3.05, 3.63) is 42.0 Å². The van der Waals surface area contributed by atoms with Crippen molar-refractivity contribution in [1.82, 2.24) is 10.2 Å². The normalized spacial score (nSPS) is 13.5. The van der Waals surface area contributed by atoms with Crippen LogP contribution in [0.1, 0.15) is 31.2 Å². The van der Waals surface area contributed by atoms with E-state index < -0.39 is 0 Å². The number of carbonyl (C=O) groups excluding carboxylic acids is 3. The molecule has 128 valence electrons. The van der Waals surface area contributed by atoms with Crippen LogP contribution in [0.25, 0.3) is 0 Å². The van der Waals surface area contributed by atoms with Crippen LogP contribution >= 0.6 is 0 Å². The Balaban J connectivity index is 1.56. The van der Waals surface area contributed by atoms with Crippen LogP contribution in [0.2, 0.25) is 0 Å². The lowest BCUT2D eigenvalue weighted by Gasteiger charge is -2.13. The Hall–Kier alpha value is -2.63. The summed E-state index contributed by atoms with van der Waals surface area (Å²) in [5, 5.41) is 5.94. The lowest BCUT2D eigenvalue weighted by Crippen LogP contribution is -2.30. The molecule has 0 radical (unpaired) electrons. The number of anilines is 1. The Bertz CT molecular complexity index is 605. The van der Waals surface area contributed by atoms with E-state index in [-0.39, 0.29) is 17.7 Å². The van der Waals surface area contributed by atoms with Crippen LogP contribution in [-0.2, 0) is 20.9 Å². The van der Waals surface area contributed by atoms with Gasteiger partial charge in [-0.25, -0.2) is 0 Å². The second-order valence-electron chi connectivity index (χ2n) is 5.70. The number of imide groups is 1. The van der Waals surface area contributed by atoms with E-state index in [4.69, 9.17) is 0 Å². The molecule has 3 amide bonds. The standard InChI is InChI=1S/C18H23N3O3/c1-19-15-8-6-14(7-9-15)13-20-16(22)5-3-2-4-12-21-17(23)10-11-18(21)24/h6-11,19H,2-5,12-13H2,1H3,(H,20,22). The maximum atomic E-state index is 11.8. The maximum absolute atomic E-state index is 11.8. The van der Waals surface area contributed by atoms with Crippen molar-refractivity contribution in [2.75, 3.05) is 18.9 Å². The minimum absolute atomic E-state index is 0.0164. The van der Waals surface area contributed by atoms with Crippen molar-refractivity contribution in [3.8, 4) is 0 Å². The number of hydrogen-bond donors (Lipinski definition) is 2. The zero-order chi connectivity index (χ0) is 17.4. The Morgan fingerprint density at radius 1 is 1.00 bits per heavy atom. The molecule has 1 heterocycles. The molecule has 1 aromatic rings. The molecule has 1 aliphatic rings. The number of benzene rings is 1. The van der Waals surface area contributed by atoms with E-state index in [0.717, 1.165) is 30.5 Å². The van der Waals surface area contributed by atoms with Crippen LogP contribution < -0.4 is 10.6 Å². The first kappa shape index (κ1) is 17.7. The van der Waals surface area contributed by atoms with Gasteiger partial charge in [0.05, 0.1) is 0 Å². The Labute approximate surface area is 141 Å². The molecule has 24 heavy (non-hydrogen) atoms. The Morgan fingerprint density at radius 2 is 1.67 bits per heavy atom. The monoisotopic (exact) mass is 329 g/mol. The summed E-state index contributed by atoms with van der Waals surface area (Å²) in [6.07, 6.45) is 5.31.